The summed E-state index contributed by atoms with van der Waals surface area (Å²) < 4.78 is 10.6. The fourth-order valence-electron chi connectivity index (χ4n) is 7.00. The Kier molecular flexibility index (Phi) is 14.3. The highest BCUT2D eigenvalue weighted by atomic mass is 32.1. The second kappa shape index (κ2) is 19.9. The van der Waals surface area contributed by atoms with Gasteiger partial charge in [-0.3, -0.25) is 36.5 Å². The third-order valence-corrected chi connectivity index (χ3v) is 12.7. The number of pyridine rings is 2. The van der Waals surface area contributed by atoms with Gasteiger partial charge in [-0.25, -0.2) is 33.8 Å². The molecule has 1 atom stereocenters. The van der Waals surface area contributed by atoms with E-state index in [1.54, 1.807) is 37.4 Å². The minimum Gasteiger partial charge on any atom is -0.384 e. The molecule has 6 heterocycles. The Labute approximate surface area is 386 Å². The number of urea groups is 2. The number of ether oxygens (including phenoxy) is 1. The lowest BCUT2D eigenvalue weighted by molar-refractivity contribution is -0.719. The van der Waals surface area contributed by atoms with Gasteiger partial charge in [-0.05, 0) is 67.9 Å². The zero-order valence-corrected chi connectivity index (χ0v) is 39.8. The van der Waals surface area contributed by atoms with E-state index in [2.05, 4.69) is 94.2 Å². The minimum atomic E-state index is -0.427. The van der Waals surface area contributed by atoms with E-state index in [4.69, 9.17) is 15.6 Å². The van der Waals surface area contributed by atoms with E-state index in [1.807, 2.05) is 45.8 Å². The average Bonchev–Trinajstić information content (AvgIpc) is 3.51. The number of rotatable bonds is 17. The highest BCUT2D eigenvalue weighted by Gasteiger charge is 2.40. The van der Waals surface area contributed by atoms with Crippen molar-refractivity contribution in [1.29, 1.82) is 0 Å². The summed E-state index contributed by atoms with van der Waals surface area (Å²) in [6.07, 6.45) is 12.1. The topological polar surface area (TPSA) is 225 Å². The molecule has 1 aliphatic carbocycles. The lowest BCUT2D eigenvalue weighted by Crippen LogP contribution is -2.48. The molecule has 0 radical (unpaired) electrons. The van der Waals surface area contributed by atoms with Crippen LogP contribution in [0.15, 0.2) is 61.2 Å². The molecule has 0 aliphatic heterocycles. The second-order valence-electron chi connectivity index (χ2n) is 18.3. The van der Waals surface area contributed by atoms with Crippen LogP contribution in [0.1, 0.15) is 99.2 Å². The predicted octanol–water partition coefficient (Wildman–Crippen LogP) is 7.68. The molecule has 0 aromatic carbocycles. The Morgan fingerprint density at radius 3 is 1.94 bits per heavy atom. The molecule has 6 aromatic rings. The standard InChI is InChI=1S/C45H58N14O4S2/c1-44(2,3)32-23-36(57(7)55-32)51-40(61)53-42-48-26-31(65-42)14-10-28-16-19-58(34(46)21-28)39(29-11-12-29)59-37(24-33(56-59)45(4,5)6)52-41(62)54-43-49-25-30(64-43)13-9-27-15-18-47-35(22-27)50-38(60)17-20-63-8/h15-16,18-19,21-26,29,39,46H,9-14,17,20H2,1-8H3,(H5,47,48,49,50,51,52,53,54,55,56,60,61,62)/p+1. The van der Waals surface area contributed by atoms with Crippen molar-refractivity contribution in [2.45, 2.75) is 103 Å². The van der Waals surface area contributed by atoms with Gasteiger partial charge in [0, 0.05) is 77.4 Å². The van der Waals surface area contributed by atoms with Crippen molar-refractivity contribution < 1.29 is 23.7 Å². The number of anilines is 6. The van der Waals surface area contributed by atoms with E-state index < -0.39 is 6.03 Å². The third-order valence-electron chi connectivity index (χ3n) is 10.8. The molecule has 0 saturated heterocycles. The number of nitrogens with zero attached hydrogens (tertiary/aromatic N) is 8. The van der Waals surface area contributed by atoms with Gasteiger partial charge in [-0.1, -0.05) is 41.5 Å². The van der Waals surface area contributed by atoms with E-state index >= 15 is 0 Å². The molecular formula is C45H59N14O4S2+. The maximum Gasteiger partial charge on any atom is 0.326 e. The quantitative estimate of drug-likeness (QED) is 0.0490. The number of carbonyl (C=O) groups excluding carboxylic acids is 3. The average molecular weight is 924 g/mol. The summed E-state index contributed by atoms with van der Waals surface area (Å²) >= 11 is 2.84. The third kappa shape index (κ3) is 12.5. The van der Waals surface area contributed by atoms with Gasteiger partial charge in [-0.15, -0.1) is 22.7 Å². The zero-order valence-electron chi connectivity index (χ0n) is 38.2. The Bertz CT molecular complexity index is 2630. The molecule has 0 spiro atoms. The Morgan fingerprint density at radius 1 is 0.785 bits per heavy atom. The van der Waals surface area contributed by atoms with Crippen molar-refractivity contribution in [3.05, 3.63) is 93.5 Å². The zero-order chi connectivity index (χ0) is 46.5. The highest BCUT2D eigenvalue weighted by Crippen LogP contribution is 2.40. The summed E-state index contributed by atoms with van der Waals surface area (Å²) in [5.41, 5.74) is 10.2. The molecular weight excluding hydrogens is 865 g/mol. The summed E-state index contributed by atoms with van der Waals surface area (Å²) in [5.74, 6) is 2.35. The number of nitrogens with one attached hydrogen (secondary N) is 5. The van der Waals surface area contributed by atoms with E-state index in [0.29, 0.717) is 59.4 Å². The van der Waals surface area contributed by atoms with Crippen molar-refractivity contribution >= 4 is 74.2 Å². The van der Waals surface area contributed by atoms with Gasteiger partial charge in [-0.2, -0.15) is 10.2 Å². The number of nitrogen functional groups attached to an aromatic ring is 1. The number of aromatic nitrogens is 8. The van der Waals surface area contributed by atoms with Crippen LogP contribution in [0.25, 0.3) is 0 Å². The van der Waals surface area contributed by atoms with Crippen LogP contribution in [-0.2, 0) is 53.1 Å². The summed E-state index contributed by atoms with van der Waals surface area (Å²) in [4.78, 5) is 53.7. The maximum absolute atomic E-state index is 13.6. The molecule has 1 unspecified atom stereocenters. The van der Waals surface area contributed by atoms with Crippen molar-refractivity contribution in [2.75, 3.05) is 46.0 Å². The number of amides is 5. The number of hydrogen-bond acceptors (Lipinski definition) is 12. The smallest absolute Gasteiger partial charge is 0.326 e. The largest absolute Gasteiger partial charge is 0.384 e. The van der Waals surface area contributed by atoms with Crippen LogP contribution in [0.3, 0.4) is 0 Å². The summed E-state index contributed by atoms with van der Waals surface area (Å²) in [7, 11) is 3.36. The number of aryl methyl sites for hydroxylation is 5. The highest BCUT2D eigenvalue weighted by molar-refractivity contribution is 7.16. The lowest BCUT2D eigenvalue weighted by Gasteiger charge is -2.20. The van der Waals surface area contributed by atoms with Crippen molar-refractivity contribution in [3.63, 3.8) is 0 Å². The van der Waals surface area contributed by atoms with Crippen LogP contribution in [0, 0.1) is 5.92 Å². The van der Waals surface area contributed by atoms with Crippen LogP contribution in [0.2, 0.25) is 0 Å². The monoisotopic (exact) mass is 923 g/mol. The van der Waals surface area contributed by atoms with E-state index in [9.17, 15) is 14.4 Å². The number of carbonyl (C=O) groups is 3. The van der Waals surface area contributed by atoms with Gasteiger partial charge in [0.05, 0.1) is 30.6 Å². The second-order valence-corrected chi connectivity index (χ2v) is 20.5. The summed E-state index contributed by atoms with van der Waals surface area (Å²) in [6, 6.07) is 10.8. The van der Waals surface area contributed by atoms with Crippen LogP contribution in [-0.4, -0.2) is 66.2 Å². The minimum absolute atomic E-state index is 0.141. The molecule has 1 saturated carbocycles. The number of methoxy groups -OCH3 is 1. The van der Waals surface area contributed by atoms with Crippen LogP contribution in [0.4, 0.5) is 43.1 Å². The van der Waals surface area contributed by atoms with Gasteiger partial charge in [0.25, 0.3) is 5.82 Å². The first-order valence-corrected chi connectivity index (χ1v) is 23.3. The fraction of sp³-hybridized carbons (Fsp3) is 0.444. The number of thiazole rings is 2. The van der Waals surface area contributed by atoms with Crippen LogP contribution >= 0.6 is 22.7 Å². The first-order chi connectivity index (χ1) is 30.9. The molecule has 18 nitrogen and oxygen atoms in total. The van der Waals surface area contributed by atoms with Gasteiger partial charge in [0.2, 0.25) is 5.91 Å². The molecule has 0 bridgehead atoms. The molecule has 344 valence electrons. The normalized spacial score (nSPS) is 13.4. The van der Waals surface area contributed by atoms with Gasteiger partial charge >= 0.3 is 12.1 Å². The molecule has 5 amide bonds. The van der Waals surface area contributed by atoms with E-state index in [1.165, 1.54) is 22.7 Å². The lowest BCUT2D eigenvalue weighted by atomic mass is 9.92. The molecule has 7 rings (SSSR count). The number of hydrogen-bond donors (Lipinski definition) is 6. The van der Waals surface area contributed by atoms with Gasteiger partial charge in [0.1, 0.15) is 17.5 Å². The molecule has 1 fully saturated rings. The number of nitrogens with two attached hydrogens (primary N) is 1. The molecule has 7 N–H and O–H groups in total. The van der Waals surface area contributed by atoms with Gasteiger partial charge in [0.15, 0.2) is 16.4 Å². The van der Waals surface area contributed by atoms with E-state index in [-0.39, 0.29) is 41.3 Å². The van der Waals surface area contributed by atoms with Crippen molar-refractivity contribution in [2.24, 2.45) is 13.0 Å². The first kappa shape index (κ1) is 46.7. The molecule has 6 aromatic heterocycles. The Morgan fingerprint density at radius 2 is 1.37 bits per heavy atom. The van der Waals surface area contributed by atoms with Crippen LogP contribution < -0.4 is 36.9 Å². The van der Waals surface area contributed by atoms with E-state index in [0.717, 1.165) is 51.5 Å². The SMILES string of the molecule is COCCC(=O)Nc1cc(CCc2cnc(NC(=O)Nc3cc(C(C)(C)C)nn3C(C3CC3)[n+]3ccc(CCc4cnc(NC(=O)Nc5cc(C(C)(C)C)nn5C)s4)cc3N)s2)ccn1. The molecule has 20 heteroatoms. The summed E-state index contributed by atoms with van der Waals surface area (Å²) in [6.45, 7) is 12.8. The molecule has 1 aliphatic rings. The Hall–Kier alpha value is -6.25. The van der Waals surface area contributed by atoms with Crippen LogP contribution in [0.5, 0.6) is 0 Å². The Balaban J connectivity index is 0.969. The van der Waals surface area contributed by atoms with Crippen molar-refractivity contribution in [1.82, 2.24) is 34.5 Å². The maximum atomic E-state index is 13.6. The first-order valence-electron chi connectivity index (χ1n) is 21.6. The summed E-state index contributed by atoms with van der Waals surface area (Å²) in [5, 5.41) is 25.1. The van der Waals surface area contributed by atoms with Gasteiger partial charge < -0.3 is 10.1 Å². The molecule has 65 heavy (non-hydrogen) atoms. The predicted molar refractivity (Wildman–Crippen MR) is 255 cm³/mol. The van der Waals surface area contributed by atoms with Crippen molar-refractivity contribution in [3.8, 4) is 0 Å². The fourth-order valence-corrected chi connectivity index (χ4v) is 8.62.